The monoisotopic (exact) mass is 406 g/mol. The van der Waals surface area contributed by atoms with Gasteiger partial charge in [-0.2, -0.15) is 0 Å². The molecule has 3 aliphatic rings. The van der Waals surface area contributed by atoms with Crippen LogP contribution in [0, 0.1) is 5.92 Å². The molecule has 158 valence electrons. The number of nitrogens with two attached hydrogens (primary N) is 1. The summed E-state index contributed by atoms with van der Waals surface area (Å²) in [4.78, 5) is 15.5. The van der Waals surface area contributed by atoms with Gasteiger partial charge in [0, 0.05) is 11.8 Å². The van der Waals surface area contributed by atoms with Gasteiger partial charge in [0.25, 0.3) is 0 Å². The normalized spacial score (nSPS) is 19.0. The largest absolute Gasteiger partial charge is 0.497 e. The standard InChI is InChI=1S/C25H30N2O3/c1-29-20-9-7-18(8-10-20)16-27-23-21(25(24(27)28)11-3-12-25)14-19(26)15-22(23)30-13-2-4-17-5-6-17/h7-10,14-15,17H,2-6,11-13,16,26H2,1H3. The van der Waals surface area contributed by atoms with Crippen LogP contribution in [0.25, 0.3) is 0 Å². The molecule has 1 spiro atoms. The van der Waals surface area contributed by atoms with Crippen LogP contribution in [0.5, 0.6) is 11.5 Å². The lowest BCUT2D eigenvalue weighted by molar-refractivity contribution is -0.126. The molecule has 0 radical (unpaired) electrons. The van der Waals surface area contributed by atoms with E-state index >= 15 is 0 Å². The number of rotatable bonds is 8. The maximum atomic E-state index is 13.6. The molecule has 1 amide bonds. The second-order valence-electron chi connectivity index (χ2n) is 9.02. The molecule has 0 saturated heterocycles. The first kappa shape index (κ1) is 19.3. The molecule has 2 aliphatic carbocycles. The number of amides is 1. The number of anilines is 2. The van der Waals surface area contributed by atoms with Crippen LogP contribution >= 0.6 is 0 Å². The van der Waals surface area contributed by atoms with Crippen molar-refractivity contribution in [2.24, 2.45) is 5.92 Å². The average molecular weight is 407 g/mol. The minimum absolute atomic E-state index is 0.188. The van der Waals surface area contributed by atoms with Crippen molar-refractivity contribution in [3.05, 3.63) is 47.5 Å². The number of carbonyl (C=O) groups is 1. The highest BCUT2D eigenvalue weighted by molar-refractivity contribution is 6.10. The van der Waals surface area contributed by atoms with Crippen molar-refractivity contribution in [1.29, 1.82) is 0 Å². The number of nitrogens with zero attached hydrogens (tertiary/aromatic N) is 1. The zero-order valence-corrected chi connectivity index (χ0v) is 17.7. The van der Waals surface area contributed by atoms with Crippen molar-refractivity contribution >= 4 is 17.3 Å². The summed E-state index contributed by atoms with van der Waals surface area (Å²) in [6.07, 6.45) is 7.86. The van der Waals surface area contributed by atoms with Crippen LogP contribution in [-0.2, 0) is 16.8 Å². The minimum atomic E-state index is -0.413. The maximum Gasteiger partial charge on any atom is 0.238 e. The molecule has 2 N–H and O–H groups in total. The van der Waals surface area contributed by atoms with Crippen LogP contribution in [0.3, 0.4) is 0 Å². The first-order valence-electron chi connectivity index (χ1n) is 11.1. The van der Waals surface area contributed by atoms with Crippen LogP contribution in [0.4, 0.5) is 11.4 Å². The summed E-state index contributed by atoms with van der Waals surface area (Å²) in [5, 5.41) is 0. The summed E-state index contributed by atoms with van der Waals surface area (Å²) in [6.45, 7) is 1.20. The van der Waals surface area contributed by atoms with Gasteiger partial charge in [-0.25, -0.2) is 0 Å². The molecule has 5 heteroatoms. The highest BCUT2D eigenvalue weighted by Gasteiger charge is 2.55. The summed E-state index contributed by atoms with van der Waals surface area (Å²) < 4.78 is 11.5. The lowest BCUT2D eigenvalue weighted by Crippen LogP contribution is -2.44. The van der Waals surface area contributed by atoms with Gasteiger partial charge in [-0.15, -0.1) is 0 Å². The Hall–Kier alpha value is -2.69. The number of fused-ring (bicyclic) bond motifs is 2. The highest BCUT2D eigenvalue weighted by Crippen LogP contribution is 2.57. The van der Waals surface area contributed by atoms with E-state index in [1.54, 1.807) is 7.11 Å². The summed E-state index contributed by atoms with van der Waals surface area (Å²) >= 11 is 0. The van der Waals surface area contributed by atoms with Crippen LogP contribution < -0.4 is 20.1 Å². The Bertz CT molecular complexity index is 946. The fourth-order valence-electron chi connectivity index (χ4n) is 4.90. The van der Waals surface area contributed by atoms with Crippen molar-refractivity contribution in [2.45, 2.75) is 56.9 Å². The molecule has 0 atom stereocenters. The molecule has 0 unspecified atom stereocenters. The first-order valence-corrected chi connectivity index (χ1v) is 11.1. The van der Waals surface area contributed by atoms with E-state index in [1.165, 1.54) is 19.3 Å². The minimum Gasteiger partial charge on any atom is -0.497 e. The lowest BCUT2D eigenvalue weighted by atomic mass is 9.65. The Kier molecular flexibility index (Phi) is 4.84. The Morgan fingerprint density at radius 1 is 1.17 bits per heavy atom. The average Bonchev–Trinajstić information content (AvgIpc) is 3.50. The van der Waals surface area contributed by atoms with Gasteiger partial charge in [0.15, 0.2) is 0 Å². The van der Waals surface area contributed by atoms with E-state index in [4.69, 9.17) is 15.2 Å². The number of methoxy groups -OCH3 is 1. The zero-order chi connectivity index (χ0) is 20.7. The smallest absolute Gasteiger partial charge is 0.238 e. The topological polar surface area (TPSA) is 64.8 Å². The summed E-state index contributed by atoms with van der Waals surface area (Å²) in [5.41, 5.74) is 9.57. The van der Waals surface area contributed by atoms with Gasteiger partial charge in [-0.05, 0) is 60.9 Å². The molecule has 2 saturated carbocycles. The third-order valence-corrected chi connectivity index (χ3v) is 6.96. The third-order valence-electron chi connectivity index (χ3n) is 6.96. The van der Waals surface area contributed by atoms with Crippen LogP contribution in [-0.4, -0.2) is 19.6 Å². The fraction of sp³-hybridized carbons (Fsp3) is 0.480. The molecule has 30 heavy (non-hydrogen) atoms. The van der Waals surface area contributed by atoms with Gasteiger partial charge in [0.05, 0.1) is 31.4 Å². The maximum absolute atomic E-state index is 13.6. The second kappa shape index (κ2) is 7.53. The molecule has 2 aromatic carbocycles. The number of ether oxygens (including phenoxy) is 2. The molecule has 1 aliphatic heterocycles. The number of nitrogen functional groups attached to an aromatic ring is 1. The Morgan fingerprint density at radius 3 is 2.57 bits per heavy atom. The van der Waals surface area contributed by atoms with Crippen molar-refractivity contribution in [3.63, 3.8) is 0 Å². The summed E-state index contributed by atoms with van der Waals surface area (Å²) in [6, 6.07) is 11.8. The van der Waals surface area contributed by atoms with Gasteiger partial charge in [0.1, 0.15) is 11.5 Å². The molecule has 5 rings (SSSR count). The van der Waals surface area contributed by atoms with Gasteiger partial charge in [-0.1, -0.05) is 31.4 Å². The van der Waals surface area contributed by atoms with Crippen molar-refractivity contribution in [3.8, 4) is 11.5 Å². The molecular weight excluding hydrogens is 376 g/mol. The summed E-state index contributed by atoms with van der Waals surface area (Å²) in [7, 11) is 1.66. The van der Waals surface area contributed by atoms with Crippen molar-refractivity contribution in [1.82, 2.24) is 0 Å². The number of benzene rings is 2. The quantitative estimate of drug-likeness (QED) is 0.504. The molecule has 2 fully saturated rings. The lowest BCUT2D eigenvalue weighted by Gasteiger charge is -2.37. The van der Waals surface area contributed by atoms with Gasteiger partial charge < -0.3 is 20.1 Å². The van der Waals surface area contributed by atoms with Gasteiger partial charge in [-0.3, -0.25) is 4.79 Å². The fourth-order valence-corrected chi connectivity index (χ4v) is 4.90. The predicted molar refractivity (Wildman–Crippen MR) is 118 cm³/mol. The SMILES string of the molecule is COc1ccc(CN2C(=O)C3(CCC3)c3cc(N)cc(OCCCC4CC4)c32)cc1. The Morgan fingerprint density at radius 2 is 1.93 bits per heavy atom. The van der Waals surface area contributed by atoms with Crippen LogP contribution in [0.1, 0.15) is 56.1 Å². The zero-order valence-electron chi connectivity index (χ0n) is 17.7. The van der Waals surface area contributed by atoms with E-state index in [9.17, 15) is 4.79 Å². The number of hydrogen-bond donors (Lipinski definition) is 1. The molecule has 0 aromatic heterocycles. The first-order chi connectivity index (χ1) is 14.6. The molecule has 1 heterocycles. The molecule has 5 nitrogen and oxygen atoms in total. The van der Waals surface area contributed by atoms with E-state index in [2.05, 4.69) is 0 Å². The number of carbonyl (C=O) groups excluding carboxylic acids is 1. The number of hydrogen-bond acceptors (Lipinski definition) is 4. The predicted octanol–water partition coefficient (Wildman–Crippen LogP) is 4.81. The van der Waals surface area contributed by atoms with Crippen LogP contribution in [0.15, 0.2) is 36.4 Å². The van der Waals surface area contributed by atoms with Gasteiger partial charge >= 0.3 is 0 Å². The second-order valence-corrected chi connectivity index (χ2v) is 9.02. The molecule has 0 bridgehead atoms. The van der Waals surface area contributed by atoms with E-state index in [-0.39, 0.29) is 5.91 Å². The Balaban J connectivity index is 1.45. The van der Waals surface area contributed by atoms with E-state index in [0.29, 0.717) is 18.8 Å². The van der Waals surface area contributed by atoms with E-state index in [1.807, 2.05) is 41.3 Å². The van der Waals surface area contributed by atoms with Crippen LogP contribution in [0.2, 0.25) is 0 Å². The third kappa shape index (κ3) is 3.30. The molecular formula is C25H30N2O3. The highest BCUT2D eigenvalue weighted by atomic mass is 16.5. The van der Waals surface area contributed by atoms with E-state index in [0.717, 1.165) is 59.9 Å². The van der Waals surface area contributed by atoms with Gasteiger partial charge in [0.2, 0.25) is 5.91 Å². The molecule has 2 aromatic rings. The van der Waals surface area contributed by atoms with Crippen molar-refractivity contribution < 1.29 is 14.3 Å². The van der Waals surface area contributed by atoms with E-state index < -0.39 is 5.41 Å². The summed E-state index contributed by atoms with van der Waals surface area (Å²) in [5.74, 6) is 2.65. The Labute approximate surface area is 178 Å². The van der Waals surface area contributed by atoms with Crippen molar-refractivity contribution in [2.75, 3.05) is 24.4 Å².